The Bertz CT molecular complexity index is 458. The fourth-order valence-corrected chi connectivity index (χ4v) is 4.04. The number of aldehydes is 1. The minimum absolute atomic E-state index is 0.632. The third kappa shape index (κ3) is 2.20. The van der Waals surface area contributed by atoms with Crippen molar-refractivity contribution < 1.29 is 9.53 Å². The summed E-state index contributed by atoms with van der Waals surface area (Å²) in [5.74, 6) is 3.19. The highest BCUT2D eigenvalue weighted by atomic mass is 79.9. The lowest BCUT2D eigenvalue weighted by Crippen LogP contribution is -2.19. The Labute approximate surface area is 116 Å². The molecule has 96 valence electrons. The molecule has 1 aromatic rings. The van der Waals surface area contributed by atoms with E-state index in [4.69, 9.17) is 4.74 Å². The van der Waals surface area contributed by atoms with Gasteiger partial charge in [0.05, 0.1) is 16.6 Å². The monoisotopic (exact) mass is 308 g/mol. The Morgan fingerprint density at radius 1 is 1.33 bits per heavy atom. The smallest absolute Gasteiger partial charge is 0.153 e. The lowest BCUT2D eigenvalue weighted by atomic mass is 9.89. The molecule has 2 aliphatic rings. The number of hydrogen-bond donors (Lipinski definition) is 0. The van der Waals surface area contributed by atoms with E-state index in [-0.39, 0.29) is 0 Å². The van der Waals surface area contributed by atoms with E-state index < -0.39 is 0 Å². The first kappa shape index (κ1) is 12.2. The summed E-state index contributed by atoms with van der Waals surface area (Å²) in [6, 6.07) is 5.58. The maximum Gasteiger partial charge on any atom is 0.153 e. The topological polar surface area (TPSA) is 26.3 Å². The SMILES string of the molecule is O=Cc1cccc(Br)c1OCC1CC2CCC1C2. The number of carbonyl (C=O) groups excluding carboxylic acids is 1. The van der Waals surface area contributed by atoms with Crippen LogP contribution >= 0.6 is 15.9 Å². The zero-order chi connectivity index (χ0) is 12.5. The Morgan fingerprint density at radius 3 is 2.89 bits per heavy atom. The number of benzene rings is 1. The normalized spacial score (nSPS) is 29.5. The maximum absolute atomic E-state index is 11.0. The van der Waals surface area contributed by atoms with Gasteiger partial charge in [0.2, 0.25) is 0 Å². The molecule has 0 aromatic heterocycles. The van der Waals surface area contributed by atoms with Crippen LogP contribution < -0.4 is 4.74 Å². The van der Waals surface area contributed by atoms with Gasteiger partial charge < -0.3 is 4.74 Å². The number of ether oxygens (including phenoxy) is 1. The van der Waals surface area contributed by atoms with E-state index in [1.165, 1.54) is 25.7 Å². The number of fused-ring (bicyclic) bond motifs is 2. The fourth-order valence-electron chi connectivity index (χ4n) is 3.54. The predicted molar refractivity (Wildman–Crippen MR) is 74.0 cm³/mol. The first-order chi connectivity index (χ1) is 8.78. The van der Waals surface area contributed by atoms with Crippen LogP contribution in [0.15, 0.2) is 22.7 Å². The molecule has 18 heavy (non-hydrogen) atoms. The molecule has 1 aromatic carbocycles. The molecule has 0 saturated heterocycles. The molecule has 2 saturated carbocycles. The van der Waals surface area contributed by atoms with E-state index in [0.29, 0.717) is 17.2 Å². The van der Waals surface area contributed by atoms with Gasteiger partial charge in [-0.3, -0.25) is 4.79 Å². The van der Waals surface area contributed by atoms with Crippen LogP contribution in [0.2, 0.25) is 0 Å². The summed E-state index contributed by atoms with van der Waals surface area (Å²) >= 11 is 3.45. The highest BCUT2D eigenvalue weighted by molar-refractivity contribution is 9.10. The molecule has 3 rings (SSSR count). The molecule has 2 bridgehead atoms. The van der Waals surface area contributed by atoms with Crippen LogP contribution in [0.3, 0.4) is 0 Å². The number of para-hydroxylation sites is 1. The van der Waals surface area contributed by atoms with E-state index in [1.807, 2.05) is 12.1 Å². The van der Waals surface area contributed by atoms with Crippen molar-refractivity contribution in [1.82, 2.24) is 0 Å². The number of halogens is 1. The molecule has 3 atom stereocenters. The van der Waals surface area contributed by atoms with Crippen LogP contribution in [0, 0.1) is 17.8 Å². The van der Waals surface area contributed by atoms with Crippen molar-refractivity contribution in [1.29, 1.82) is 0 Å². The van der Waals surface area contributed by atoms with Gasteiger partial charge in [-0.25, -0.2) is 0 Å². The minimum atomic E-state index is 0.632. The quantitative estimate of drug-likeness (QED) is 0.784. The molecule has 0 radical (unpaired) electrons. The molecule has 0 amide bonds. The average Bonchev–Trinajstić information content (AvgIpc) is 2.99. The molecule has 0 spiro atoms. The number of rotatable bonds is 4. The van der Waals surface area contributed by atoms with Gasteiger partial charge in [-0.05, 0) is 65.1 Å². The summed E-state index contributed by atoms with van der Waals surface area (Å²) < 4.78 is 6.79. The second kappa shape index (κ2) is 5.04. The standard InChI is InChI=1S/C15H17BrO2/c16-14-3-1-2-12(8-17)15(14)18-9-13-7-10-4-5-11(13)6-10/h1-3,8,10-11,13H,4-7,9H2. The van der Waals surface area contributed by atoms with Crippen LogP contribution in [-0.2, 0) is 0 Å². The second-order valence-corrected chi connectivity index (χ2v) is 6.38. The molecular weight excluding hydrogens is 292 g/mol. The molecule has 2 fully saturated rings. The zero-order valence-corrected chi connectivity index (χ0v) is 11.9. The van der Waals surface area contributed by atoms with Gasteiger partial charge in [-0.1, -0.05) is 12.5 Å². The van der Waals surface area contributed by atoms with Crippen LogP contribution in [0.4, 0.5) is 0 Å². The Morgan fingerprint density at radius 2 is 2.22 bits per heavy atom. The van der Waals surface area contributed by atoms with Crippen molar-refractivity contribution in [3.05, 3.63) is 28.2 Å². The van der Waals surface area contributed by atoms with Crippen molar-refractivity contribution in [3.8, 4) is 5.75 Å². The van der Waals surface area contributed by atoms with Crippen molar-refractivity contribution in [2.45, 2.75) is 25.7 Å². The lowest BCUT2D eigenvalue weighted by Gasteiger charge is -2.22. The van der Waals surface area contributed by atoms with Crippen molar-refractivity contribution in [2.24, 2.45) is 17.8 Å². The Hall–Kier alpha value is -0.830. The van der Waals surface area contributed by atoms with Crippen molar-refractivity contribution >= 4 is 22.2 Å². The molecule has 2 aliphatic carbocycles. The summed E-state index contributed by atoms with van der Waals surface area (Å²) in [6.07, 6.45) is 6.35. The summed E-state index contributed by atoms with van der Waals surface area (Å²) in [5.41, 5.74) is 0.632. The average molecular weight is 309 g/mol. The van der Waals surface area contributed by atoms with E-state index in [0.717, 1.165) is 29.2 Å². The molecule has 0 heterocycles. The molecule has 0 aliphatic heterocycles. The van der Waals surface area contributed by atoms with Gasteiger partial charge in [0.1, 0.15) is 5.75 Å². The first-order valence-corrected chi connectivity index (χ1v) is 7.43. The van der Waals surface area contributed by atoms with Crippen LogP contribution in [0.1, 0.15) is 36.0 Å². The third-order valence-electron chi connectivity index (χ3n) is 4.45. The molecule has 3 heteroatoms. The van der Waals surface area contributed by atoms with Gasteiger partial charge in [0, 0.05) is 0 Å². The van der Waals surface area contributed by atoms with Crippen LogP contribution in [-0.4, -0.2) is 12.9 Å². The van der Waals surface area contributed by atoms with Gasteiger partial charge in [0.15, 0.2) is 6.29 Å². The number of hydrogen-bond acceptors (Lipinski definition) is 2. The van der Waals surface area contributed by atoms with E-state index in [1.54, 1.807) is 6.07 Å². The minimum Gasteiger partial charge on any atom is -0.491 e. The maximum atomic E-state index is 11.0. The number of carbonyl (C=O) groups is 1. The van der Waals surface area contributed by atoms with Gasteiger partial charge >= 0.3 is 0 Å². The Balaban J connectivity index is 1.68. The van der Waals surface area contributed by atoms with E-state index in [9.17, 15) is 4.79 Å². The highest BCUT2D eigenvalue weighted by Crippen LogP contribution is 2.48. The third-order valence-corrected chi connectivity index (χ3v) is 5.08. The Kier molecular flexibility index (Phi) is 3.42. The summed E-state index contributed by atoms with van der Waals surface area (Å²) in [5, 5.41) is 0. The lowest BCUT2D eigenvalue weighted by molar-refractivity contribution is 0.111. The second-order valence-electron chi connectivity index (χ2n) is 5.52. The first-order valence-electron chi connectivity index (χ1n) is 6.64. The molecule has 0 N–H and O–H groups in total. The van der Waals surface area contributed by atoms with Crippen molar-refractivity contribution in [2.75, 3.05) is 6.61 Å². The highest BCUT2D eigenvalue weighted by Gasteiger charge is 2.39. The molecule has 2 nitrogen and oxygen atoms in total. The fraction of sp³-hybridized carbons (Fsp3) is 0.533. The van der Waals surface area contributed by atoms with E-state index in [2.05, 4.69) is 15.9 Å². The van der Waals surface area contributed by atoms with Gasteiger partial charge in [-0.15, -0.1) is 0 Å². The summed E-state index contributed by atoms with van der Waals surface area (Å²) in [6.45, 7) is 0.755. The molecular formula is C15H17BrO2. The zero-order valence-electron chi connectivity index (χ0n) is 10.3. The largest absolute Gasteiger partial charge is 0.491 e. The molecule has 3 unspecified atom stereocenters. The summed E-state index contributed by atoms with van der Waals surface area (Å²) in [4.78, 5) is 11.0. The van der Waals surface area contributed by atoms with Gasteiger partial charge in [-0.2, -0.15) is 0 Å². The predicted octanol–water partition coefficient (Wildman–Crippen LogP) is 4.08. The van der Waals surface area contributed by atoms with Crippen molar-refractivity contribution in [3.63, 3.8) is 0 Å². The van der Waals surface area contributed by atoms with E-state index >= 15 is 0 Å². The van der Waals surface area contributed by atoms with Gasteiger partial charge in [0.25, 0.3) is 0 Å². The van der Waals surface area contributed by atoms with Crippen LogP contribution in [0.25, 0.3) is 0 Å². The van der Waals surface area contributed by atoms with Crippen LogP contribution in [0.5, 0.6) is 5.75 Å². The summed E-state index contributed by atoms with van der Waals surface area (Å²) in [7, 11) is 0.